The normalized spacial score (nSPS) is 15.5. The lowest BCUT2D eigenvalue weighted by molar-refractivity contribution is 0.0985. The largest absolute Gasteiger partial charge is 0.392 e. The Morgan fingerprint density at radius 3 is 2.21 bits per heavy atom. The maximum Gasteiger partial charge on any atom is 0.0643 e. The quantitative estimate of drug-likeness (QED) is 0.765. The Labute approximate surface area is 85.8 Å². The van der Waals surface area contributed by atoms with Gasteiger partial charge in [-0.25, -0.2) is 0 Å². The van der Waals surface area contributed by atoms with Gasteiger partial charge in [-0.3, -0.25) is 0 Å². The minimum Gasteiger partial charge on any atom is -0.392 e. The highest BCUT2D eigenvalue weighted by molar-refractivity contribution is 5.21. The Morgan fingerprint density at radius 2 is 1.79 bits per heavy atom. The Hall–Kier alpha value is -0.860. The third-order valence-electron chi connectivity index (χ3n) is 2.58. The molecule has 0 aliphatic carbocycles. The number of benzene rings is 1. The fourth-order valence-corrected chi connectivity index (χ4v) is 1.64. The Bertz CT molecular complexity index is 258. The summed E-state index contributed by atoms with van der Waals surface area (Å²) in [5.74, 6) is 0.292. The van der Waals surface area contributed by atoms with E-state index in [-0.39, 0.29) is 17.9 Å². The van der Waals surface area contributed by atoms with Crippen LogP contribution in [0.2, 0.25) is 0 Å². The van der Waals surface area contributed by atoms with Crippen molar-refractivity contribution in [2.24, 2.45) is 11.7 Å². The van der Waals surface area contributed by atoms with E-state index in [2.05, 4.69) is 0 Å². The van der Waals surface area contributed by atoms with Crippen molar-refractivity contribution in [2.45, 2.75) is 25.9 Å². The molecule has 0 spiro atoms. The number of rotatable bonds is 4. The highest BCUT2D eigenvalue weighted by atomic mass is 16.3. The number of aliphatic hydroxyl groups excluding tert-OH is 1. The molecular formula is C12H19NO. The van der Waals surface area contributed by atoms with Crippen LogP contribution in [-0.4, -0.2) is 17.8 Å². The molecule has 0 saturated heterocycles. The molecule has 0 aromatic heterocycles. The van der Waals surface area contributed by atoms with Gasteiger partial charge < -0.3 is 10.8 Å². The number of hydrogen-bond donors (Lipinski definition) is 2. The Kier molecular flexibility index (Phi) is 4.11. The van der Waals surface area contributed by atoms with Crippen molar-refractivity contribution in [3.05, 3.63) is 35.9 Å². The van der Waals surface area contributed by atoms with Crippen LogP contribution in [0, 0.1) is 5.92 Å². The summed E-state index contributed by atoms with van der Waals surface area (Å²) < 4.78 is 0. The van der Waals surface area contributed by atoms with E-state index in [1.165, 1.54) is 0 Å². The maximum absolute atomic E-state index is 9.96. The van der Waals surface area contributed by atoms with Crippen molar-refractivity contribution in [2.75, 3.05) is 6.54 Å². The minimum absolute atomic E-state index is 0.0520. The van der Waals surface area contributed by atoms with Crippen molar-refractivity contribution in [1.82, 2.24) is 0 Å². The first-order chi connectivity index (χ1) is 6.66. The van der Waals surface area contributed by atoms with Crippen LogP contribution in [0.1, 0.15) is 25.3 Å². The van der Waals surface area contributed by atoms with Crippen molar-refractivity contribution < 1.29 is 5.11 Å². The van der Waals surface area contributed by atoms with Crippen molar-refractivity contribution in [3.63, 3.8) is 0 Å². The molecule has 3 N–H and O–H groups in total. The van der Waals surface area contributed by atoms with E-state index in [9.17, 15) is 5.11 Å². The molecule has 14 heavy (non-hydrogen) atoms. The van der Waals surface area contributed by atoms with Gasteiger partial charge in [-0.15, -0.1) is 0 Å². The summed E-state index contributed by atoms with van der Waals surface area (Å²) in [6.07, 6.45) is -0.359. The summed E-state index contributed by atoms with van der Waals surface area (Å²) in [5.41, 5.74) is 6.80. The van der Waals surface area contributed by atoms with Gasteiger partial charge in [-0.2, -0.15) is 0 Å². The summed E-state index contributed by atoms with van der Waals surface area (Å²) in [5, 5.41) is 9.96. The van der Waals surface area contributed by atoms with Gasteiger partial charge in [-0.1, -0.05) is 44.2 Å². The van der Waals surface area contributed by atoms with Crippen LogP contribution < -0.4 is 5.73 Å². The van der Waals surface area contributed by atoms with Gasteiger partial charge in [0.15, 0.2) is 0 Å². The molecule has 0 saturated carbocycles. The third kappa shape index (κ3) is 2.56. The second kappa shape index (κ2) is 5.13. The van der Waals surface area contributed by atoms with Gasteiger partial charge in [0.25, 0.3) is 0 Å². The molecule has 0 aliphatic rings. The highest BCUT2D eigenvalue weighted by Gasteiger charge is 2.21. The lowest BCUT2D eigenvalue weighted by Gasteiger charge is -2.24. The molecule has 2 atom stereocenters. The number of aliphatic hydroxyl groups is 1. The molecule has 0 amide bonds. The van der Waals surface area contributed by atoms with Crippen molar-refractivity contribution >= 4 is 0 Å². The molecule has 1 aromatic rings. The van der Waals surface area contributed by atoms with Crippen molar-refractivity contribution in [1.29, 1.82) is 0 Å². The van der Waals surface area contributed by atoms with E-state index in [4.69, 9.17) is 5.73 Å². The van der Waals surface area contributed by atoms with Gasteiger partial charge in [0.1, 0.15) is 0 Å². The van der Waals surface area contributed by atoms with Crippen LogP contribution in [0.25, 0.3) is 0 Å². The Morgan fingerprint density at radius 1 is 1.21 bits per heavy atom. The van der Waals surface area contributed by atoms with Crippen LogP contribution >= 0.6 is 0 Å². The summed E-state index contributed by atoms with van der Waals surface area (Å²) in [6, 6.07) is 9.96. The molecule has 0 bridgehead atoms. The zero-order chi connectivity index (χ0) is 10.6. The van der Waals surface area contributed by atoms with Crippen LogP contribution in [0.4, 0.5) is 0 Å². The first kappa shape index (κ1) is 11.2. The van der Waals surface area contributed by atoms with E-state index in [0.29, 0.717) is 6.54 Å². The summed E-state index contributed by atoms with van der Waals surface area (Å²) >= 11 is 0. The van der Waals surface area contributed by atoms with Crippen LogP contribution in [0.3, 0.4) is 0 Å². The predicted octanol–water partition coefficient (Wildman–Crippen LogP) is 1.75. The lowest BCUT2D eigenvalue weighted by Crippen LogP contribution is -2.29. The summed E-state index contributed by atoms with van der Waals surface area (Å²) in [7, 11) is 0. The van der Waals surface area contributed by atoms with E-state index < -0.39 is 0 Å². The fraction of sp³-hybridized carbons (Fsp3) is 0.500. The van der Waals surface area contributed by atoms with E-state index >= 15 is 0 Å². The van der Waals surface area contributed by atoms with Gasteiger partial charge in [0.05, 0.1) is 6.10 Å². The highest BCUT2D eigenvalue weighted by Crippen LogP contribution is 2.22. The first-order valence-corrected chi connectivity index (χ1v) is 5.10. The zero-order valence-electron chi connectivity index (χ0n) is 8.85. The van der Waals surface area contributed by atoms with Crippen LogP contribution in [0.15, 0.2) is 30.3 Å². The van der Waals surface area contributed by atoms with Crippen LogP contribution in [-0.2, 0) is 0 Å². The Balaban J connectivity index is 2.82. The van der Waals surface area contributed by atoms with Gasteiger partial charge in [0.2, 0.25) is 0 Å². The standard InChI is InChI=1S/C12H19NO/c1-9(2)12(14)11(8-13)10-6-4-3-5-7-10/h3-7,9,11-12,14H,8,13H2,1-2H3/t11-,12-/m1/s1. The maximum atomic E-state index is 9.96. The van der Waals surface area contributed by atoms with E-state index in [0.717, 1.165) is 5.56 Å². The summed E-state index contributed by atoms with van der Waals surface area (Å²) in [6.45, 7) is 4.51. The molecular weight excluding hydrogens is 174 g/mol. The fourth-order valence-electron chi connectivity index (χ4n) is 1.64. The molecule has 78 valence electrons. The number of nitrogens with two attached hydrogens (primary N) is 1. The van der Waals surface area contributed by atoms with E-state index in [1.807, 2.05) is 44.2 Å². The van der Waals surface area contributed by atoms with Gasteiger partial charge >= 0.3 is 0 Å². The zero-order valence-corrected chi connectivity index (χ0v) is 8.85. The molecule has 0 aliphatic heterocycles. The molecule has 2 nitrogen and oxygen atoms in total. The predicted molar refractivity (Wildman–Crippen MR) is 59.1 cm³/mol. The van der Waals surface area contributed by atoms with E-state index in [1.54, 1.807) is 0 Å². The number of hydrogen-bond acceptors (Lipinski definition) is 2. The van der Waals surface area contributed by atoms with Crippen molar-refractivity contribution in [3.8, 4) is 0 Å². The molecule has 1 aromatic carbocycles. The molecule has 0 unspecified atom stereocenters. The van der Waals surface area contributed by atoms with Crippen LogP contribution in [0.5, 0.6) is 0 Å². The molecule has 0 radical (unpaired) electrons. The molecule has 0 fully saturated rings. The van der Waals surface area contributed by atoms with Gasteiger partial charge in [0, 0.05) is 12.5 Å². The average molecular weight is 193 g/mol. The third-order valence-corrected chi connectivity index (χ3v) is 2.58. The monoisotopic (exact) mass is 193 g/mol. The molecule has 1 rings (SSSR count). The van der Waals surface area contributed by atoms with Gasteiger partial charge in [-0.05, 0) is 11.5 Å². The lowest BCUT2D eigenvalue weighted by atomic mass is 9.87. The average Bonchev–Trinajstić information content (AvgIpc) is 2.20. The molecule has 2 heteroatoms. The topological polar surface area (TPSA) is 46.2 Å². The minimum atomic E-state index is -0.359. The molecule has 0 heterocycles. The first-order valence-electron chi connectivity index (χ1n) is 5.10. The second-order valence-electron chi connectivity index (χ2n) is 3.99. The summed E-state index contributed by atoms with van der Waals surface area (Å²) in [4.78, 5) is 0. The SMILES string of the molecule is CC(C)[C@@H](O)[C@H](CN)c1ccccc1. The smallest absolute Gasteiger partial charge is 0.0643 e. The second-order valence-corrected chi connectivity index (χ2v) is 3.99.